The van der Waals surface area contributed by atoms with Crippen molar-refractivity contribution in [2.45, 2.75) is 31.3 Å². The Balaban J connectivity index is 1.73. The van der Waals surface area contributed by atoms with Gasteiger partial charge in [0.2, 0.25) is 0 Å². The molecular formula is C14H16N2O. The zero-order chi connectivity index (χ0) is 11.7. The van der Waals surface area contributed by atoms with Crippen LogP contribution >= 0.6 is 0 Å². The molecule has 3 rings (SSSR count). The SMILES string of the molecule is O=C(Nc1ccccc1)N1C2C=CCC1CC2. The van der Waals surface area contributed by atoms with Gasteiger partial charge in [-0.1, -0.05) is 30.4 Å². The number of benzene rings is 1. The van der Waals surface area contributed by atoms with Crippen molar-refractivity contribution >= 4 is 11.7 Å². The normalized spacial score (nSPS) is 26.0. The molecule has 0 aromatic heterocycles. The fourth-order valence-electron chi connectivity index (χ4n) is 2.75. The third-order valence-corrected chi connectivity index (χ3v) is 3.57. The number of hydrogen-bond donors (Lipinski definition) is 1. The van der Waals surface area contributed by atoms with E-state index in [1.807, 2.05) is 35.2 Å². The van der Waals surface area contributed by atoms with E-state index in [9.17, 15) is 4.79 Å². The highest BCUT2D eigenvalue weighted by Crippen LogP contribution is 2.31. The van der Waals surface area contributed by atoms with Crippen LogP contribution in [0.1, 0.15) is 19.3 Å². The second-order valence-electron chi connectivity index (χ2n) is 4.67. The molecule has 1 aromatic carbocycles. The van der Waals surface area contributed by atoms with Gasteiger partial charge in [0.05, 0.1) is 6.04 Å². The van der Waals surface area contributed by atoms with Crippen molar-refractivity contribution < 1.29 is 4.79 Å². The summed E-state index contributed by atoms with van der Waals surface area (Å²) >= 11 is 0. The van der Waals surface area contributed by atoms with Crippen LogP contribution in [-0.2, 0) is 0 Å². The van der Waals surface area contributed by atoms with Gasteiger partial charge in [0, 0.05) is 11.7 Å². The molecule has 88 valence electrons. The lowest BCUT2D eigenvalue weighted by molar-refractivity contribution is 0.192. The van der Waals surface area contributed by atoms with Gasteiger partial charge in [0.25, 0.3) is 0 Å². The zero-order valence-electron chi connectivity index (χ0n) is 9.67. The number of nitrogens with one attached hydrogen (secondary N) is 1. The lowest BCUT2D eigenvalue weighted by atomic mass is 10.1. The summed E-state index contributed by atoms with van der Waals surface area (Å²) in [4.78, 5) is 14.2. The Labute approximate surface area is 101 Å². The van der Waals surface area contributed by atoms with Gasteiger partial charge in [-0.25, -0.2) is 4.79 Å². The number of carbonyl (C=O) groups is 1. The molecule has 0 aliphatic carbocycles. The Morgan fingerprint density at radius 2 is 2.06 bits per heavy atom. The maximum absolute atomic E-state index is 12.2. The molecule has 2 aliphatic heterocycles. The molecule has 0 spiro atoms. The minimum absolute atomic E-state index is 0.0352. The number of urea groups is 1. The first kappa shape index (κ1) is 10.4. The van der Waals surface area contributed by atoms with Crippen LogP contribution in [0.3, 0.4) is 0 Å². The lowest BCUT2D eigenvalue weighted by Gasteiger charge is -2.31. The summed E-state index contributed by atoms with van der Waals surface area (Å²) < 4.78 is 0. The number of nitrogens with zero attached hydrogens (tertiary/aromatic N) is 1. The maximum atomic E-state index is 12.2. The first-order valence-electron chi connectivity index (χ1n) is 6.15. The molecule has 1 fully saturated rings. The average Bonchev–Trinajstić information content (AvgIpc) is 2.61. The van der Waals surface area contributed by atoms with Gasteiger partial charge >= 0.3 is 6.03 Å². The number of fused-ring (bicyclic) bond motifs is 2. The number of rotatable bonds is 1. The van der Waals surface area contributed by atoms with Crippen LogP contribution < -0.4 is 5.32 Å². The predicted octanol–water partition coefficient (Wildman–Crippen LogP) is 3.01. The van der Waals surface area contributed by atoms with E-state index in [0.717, 1.165) is 24.9 Å². The van der Waals surface area contributed by atoms with Crippen LogP contribution in [-0.4, -0.2) is 23.0 Å². The summed E-state index contributed by atoms with van der Waals surface area (Å²) in [6.07, 6.45) is 7.59. The molecular weight excluding hydrogens is 212 g/mol. The van der Waals surface area contributed by atoms with Crippen molar-refractivity contribution in [3.63, 3.8) is 0 Å². The fraction of sp³-hybridized carbons (Fsp3) is 0.357. The second kappa shape index (κ2) is 4.24. The van der Waals surface area contributed by atoms with E-state index < -0.39 is 0 Å². The molecule has 1 aromatic rings. The number of amides is 2. The average molecular weight is 228 g/mol. The minimum Gasteiger partial charge on any atom is -0.315 e. The third kappa shape index (κ3) is 1.93. The first-order chi connectivity index (χ1) is 8.34. The minimum atomic E-state index is 0.0352. The molecule has 2 unspecified atom stereocenters. The van der Waals surface area contributed by atoms with Crippen molar-refractivity contribution in [3.05, 3.63) is 42.5 Å². The van der Waals surface area contributed by atoms with Crippen molar-refractivity contribution in [1.29, 1.82) is 0 Å². The molecule has 2 atom stereocenters. The van der Waals surface area contributed by atoms with E-state index in [4.69, 9.17) is 0 Å². The molecule has 1 N–H and O–H groups in total. The van der Waals surface area contributed by atoms with Crippen LogP contribution in [0, 0.1) is 0 Å². The molecule has 2 bridgehead atoms. The number of anilines is 1. The van der Waals surface area contributed by atoms with E-state index >= 15 is 0 Å². The van der Waals surface area contributed by atoms with E-state index in [1.54, 1.807) is 0 Å². The Morgan fingerprint density at radius 1 is 1.24 bits per heavy atom. The Bertz CT molecular complexity index is 441. The van der Waals surface area contributed by atoms with E-state index in [0.29, 0.717) is 12.1 Å². The van der Waals surface area contributed by atoms with Gasteiger partial charge in [-0.15, -0.1) is 0 Å². The summed E-state index contributed by atoms with van der Waals surface area (Å²) in [5.41, 5.74) is 0.867. The Kier molecular flexibility index (Phi) is 2.59. The predicted molar refractivity (Wildman–Crippen MR) is 67.9 cm³/mol. The lowest BCUT2D eigenvalue weighted by Crippen LogP contribution is -2.44. The van der Waals surface area contributed by atoms with Crippen LogP contribution in [0.15, 0.2) is 42.5 Å². The molecule has 3 heteroatoms. The summed E-state index contributed by atoms with van der Waals surface area (Å²) in [5.74, 6) is 0. The van der Waals surface area contributed by atoms with Gasteiger partial charge in [-0.3, -0.25) is 0 Å². The topological polar surface area (TPSA) is 32.3 Å². The van der Waals surface area contributed by atoms with E-state index in [-0.39, 0.29) is 6.03 Å². The van der Waals surface area contributed by atoms with Crippen LogP contribution in [0.25, 0.3) is 0 Å². The van der Waals surface area contributed by atoms with Gasteiger partial charge in [0.1, 0.15) is 0 Å². The highest BCUT2D eigenvalue weighted by atomic mass is 16.2. The van der Waals surface area contributed by atoms with Gasteiger partial charge in [-0.05, 0) is 31.4 Å². The largest absolute Gasteiger partial charge is 0.322 e. The summed E-state index contributed by atoms with van der Waals surface area (Å²) in [6, 6.07) is 10.4. The third-order valence-electron chi connectivity index (χ3n) is 3.57. The fourth-order valence-corrected chi connectivity index (χ4v) is 2.75. The monoisotopic (exact) mass is 228 g/mol. The Morgan fingerprint density at radius 3 is 2.82 bits per heavy atom. The molecule has 2 amide bonds. The first-order valence-corrected chi connectivity index (χ1v) is 6.15. The van der Waals surface area contributed by atoms with Crippen molar-refractivity contribution in [2.24, 2.45) is 0 Å². The maximum Gasteiger partial charge on any atom is 0.322 e. The van der Waals surface area contributed by atoms with Crippen LogP contribution in [0.4, 0.5) is 10.5 Å². The van der Waals surface area contributed by atoms with Crippen molar-refractivity contribution in [3.8, 4) is 0 Å². The van der Waals surface area contributed by atoms with Crippen molar-refractivity contribution in [2.75, 3.05) is 5.32 Å². The van der Waals surface area contributed by atoms with Gasteiger partial charge < -0.3 is 10.2 Å². The summed E-state index contributed by atoms with van der Waals surface area (Å²) in [6.45, 7) is 0. The van der Waals surface area contributed by atoms with Crippen LogP contribution in [0.2, 0.25) is 0 Å². The molecule has 0 radical (unpaired) electrons. The van der Waals surface area contributed by atoms with E-state index in [2.05, 4.69) is 17.5 Å². The molecule has 3 nitrogen and oxygen atoms in total. The highest BCUT2D eigenvalue weighted by Gasteiger charge is 2.36. The van der Waals surface area contributed by atoms with E-state index in [1.165, 1.54) is 0 Å². The van der Waals surface area contributed by atoms with Crippen LogP contribution in [0.5, 0.6) is 0 Å². The molecule has 17 heavy (non-hydrogen) atoms. The molecule has 0 saturated carbocycles. The molecule has 1 saturated heterocycles. The quantitative estimate of drug-likeness (QED) is 0.736. The number of para-hydroxylation sites is 1. The molecule has 2 aliphatic rings. The summed E-state index contributed by atoms with van der Waals surface area (Å²) in [5, 5.41) is 2.97. The highest BCUT2D eigenvalue weighted by molar-refractivity contribution is 5.90. The summed E-state index contributed by atoms with van der Waals surface area (Å²) in [7, 11) is 0. The second-order valence-corrected chi connectivity index (χ2v) is 4.67. The standard InChI is InChI=1S/C14H16N2O/c17-14(15-11-5-2-1-3-6-11)16-12-7-4-8-13(16)10-9-12/h1-7,12-13H,8-10H2,(H,15,17). The van der Waals surface area contributed by atoms with Gasteiger partial charge in [-0.2, -0.15) is 0 Å². The number of carbonyl (C=O) groups excluding carboxylic acids is 1. The number of hydrogen-bond acceptors (Lipinski definition) is 1. The Hall–Kier alpha value is -1.77. The van der Waals surface area contributed by atoms with Crippen molar-refractivity contribution in [1.82, 2.24) is 4.90 Å². The van der Waals surface area contributed by atoms with Gasteiger partial charge in [0.15, 0.2) is 0 Å². The zero-order valence-corrected chi connectivity index (χ0v) is 9.67. The smallest absolute Gasteiger partial charge is 0.315 e. The molecule has 2 heterocycles.